The predicted molar refractivity (Wildman–Crippen MR) is 86.1 cm³/mol. The quantitative estimate of drug-likeness (QED) is 0.588. The van der Waals surface area contributed by atoms with Gasteiger partial charge in [0.1, 0.15) is 0 Å². The van der Waals surface area contributed by atoms with Crippen molar-refractivity contribution < 1.29 is 4.79 Å². The molecule has 1 N–H and O–H groups in total. The van der Waals surface area contributed by atoms with Crippen LogP contribution in [0.3, 0.4) is 0 Å². The number of rotatable bonds is 1. The monoisotopic (exact) mass is 381 g/mol. The summed E-state index contributed by atoms with van der Waals surface area (Å²) in [6.45, 7) is 0. The number of benzene rings is 2. The molecule has 0 aromatic heterocycles. The van der Waals surface area contributed by atoms with Gasteiger partial charge in [0.25, 0.3) is 0 Å². The van der Waals surface area contributed by atoms with Crippen LogP contribution in [0.25, 0.3) is 0 Å². The van der Waals surface area contributed by atoms with Crippen LogP contribution < -0.4 is 5.32 Å². The number of carbonyl (C=O) groups excluding carboxylic acids is 1. The number of hydrogen-bond acceptors (Lipinski definition) is 1. The van der Waals surface area contributed by atoms with Crippen molar-refractivity contribution in [2.75, 3.05) is 5.32 Å². The molecule has 0 spiro atoms. The zero-order chi connectivity index (χ0) is 13.7. The van der Waals surface area contributed by atoms with E-state index in [9.17, 15) is 4.79 Å². The normalized spacial score (nSPS) is 9.37. The van der Waals surface area contributed by atoms with E-state index in [0.717, 1.165) is 14.8 Å². The van der Waals surface area contributed by atoms with Gasteiger partial charge in [-0.25, -0.2) is 0 Å². The zero-order valence-electron chi connectivity index (χ0n) is 9.78. The van der Waals surface area contributed by atoms with Crippen molar-refractivity contribution in [2.24, 2.45) is 0 Å². The van der Waals surface area contributed by atoms with Gasteiger partial charge in [-0.15, -0.1) is 0 Å². The molecule has 0 saturated heterocycles. The molecule has 2 nitrogen and oxygen atoms in total. The predicted octanol–water partition coefficient (Wildman–Crippen LogP) is 3.93. The Morgan fingerprint density at radius 1 is 1.11 bits per heavy atom. The van der Waals surface area contributed by atoms with Crippen molar-refractivity contribution >= 4 is 45.8 Å². The van der Waals surface area contributed by atoms with Gasteiger partial charge in [-0.1, -0.05) is 29.7 Å². The van der Waals surface area contributed by atoms with Crippen LogP contribution in [0.4, 0.5) is 5.69 Å². The largest absolute Gasteiger partial charge is 0.314 e. The fourth-order valence-electron chi connectivity index (χ4n) is 1.38. The Kier molecular flexibility index (Phi) is 4.83. The third-order valence-corrected chi connectivity index (χ3v) is 3.48. The van der Waals surface area contributed by atoms with Crippen LogP contribution in [0.2, 0.25) is 5.02 Å². The third kappa shape index (κ3) is 4.27. The Morgan fingerprint density at radius 3 is 2.47 bits per heavy atom. The lowest BCUT2D eigenvalue weighted by atomic mass is 10.2. The minimum absolute atomic E-state index is 0.334. The molecular weight excluding hydrogens is 373 g/mol. The van der Waals surface area contributed by atoms with Crippen molar-refractivity contribution in [3.05, 3.63) is 62.7 Å². The van der Waals surface area contributed by atoms with Crippen LogP contribution >= 0.6 is 34.2 Å². The molecule has 0 aliphatic carbocycles. The second kappa shape index (κ2) is 6.60. The molecule has 0 aliphatic heterocycles. The van der Waals surface area contributed by atoms with Crippen LogP contribution in [-0.2, 0) is 4.79 Å². The lowest BCUT2D eigenvalue weighted by molar-refractivity contribution is -0.111. The summed E-state index contributed by atoms with van der Waals surface area (Å²) in [5.74, 6) is 5.00. The van der Waals surface area contributed by atoms with Gasteiger partial charge >= 0.3 is 5.91 Å². The number of carbonyl (C=O) groups is 1. The average Bonchev–Trinajstić information content (AvgIpc) is 2.41. The van der Waals surface area contributed by atoms with Crippen molar-refractivity contribution in [3.63, 3.8) is 0 Å². The Bertz CT molecular complexity index is 656. The van der Waals surface area contributed by atoms with Gasteiger partial charge in [-0.3, -0.25) is 4.79 Å². The summed E-state index contributed by atoms with van der Waals surface area (Å²) < 4.78 is 0.974. The number of para-hydroxylation sites is 1. The van der Waals surface area contributed by atoms with E-state index in [-0.39, 0.29) is 5.91 Å². The molecule has 0 heterocycles. The van der Waals surface area contributed by atoms with Crippen molar-refractivity contribution in [2.45, 2.75) is 0 Å². The van der Waals surface area contributed by atoms with E-state index in [1.54, 1.807) is 24.3 Å². The number of halogens is 2. The Labute approximate surface area is 130 Å². The lowest BCUT2D eigenvalue weighted by Gasteiger charge is -2.02. The minimum atomic E-state index is -0.334. The summed E-state index contributed by atoms with van der Waals surface area (Å²) in [4.78, 5) is 11.7. The molecule has 0 aliphatic rings. The molecule has 0 unspecified atom stereocenters. The van der Waals surface area contributed by atoms with E-state index in [1.165, 1.54) is 0 Å². The molecule has 2 rings (SSSR count). The van der Waals surface area contributed by atoms with Gasteiger partial charge in [0, 0.05) is 20.1 Å². The highest BCUT2D eigenvalue weighted by Gasteiger charge is 2.01. The number of nitrogens with one attached hydrogen (secondary N) is 1. The Balaban J connectivity index is 2.07. The van der Waals surface area contributed by atoms with Crippen LogP contribution in [0, 0.1) is 15.4 Å². The molecule has 2 aromatic rings. The summed E-state index contributed by atoms with van der Waals surface area (Å²) >= 11 is 7.93. The van der Waals surface area contributed by atoms with Crippen LogP contribution in [0.15, 0.2) is 48.5 Å². The first-order chi connectivity index (χ1) is 9.15. The van der Waals surface area contributed by atoms with E-state index in [0.29, 0.717) is 5.02 Å². The van der Waals surface area contributed by atoms with Gasteiger partial charge in [0.2, 0.25) is 0 Å². The molecule has 0 bridgehead atoms. The molecule has 94 valence electrons. The van der Waals surface area contributed by atoms with Gasteiger partial charge in [0.05, 0.1) is 5.69 Å². The first-order valence-corrected chi connectivity index (χ1v) is 6.94. The van der Waals surface area contributed by atoms with Gasteiger partial charge in [0.15, 0.2) is 0 Å². The molecule has 0 radical (unpaired) electrons. The van der Waals surface area contributed by atoms with Gasteiger partial charge in [-0.2, -0.15) is 0 Å². The van der Waals surface area contributed by atoms with Crippen LogP contribution in [0.1, 0.15) is 5.56 Å². The maximum absolute atomic E-state index is 11.7. The average molecular weight is 382 g/mol. The van der Waals surface area contributed by atoms with E-state index in [2.05, 4.69) is 39.7 Å². The van der Waals surface area contributed by atoms with E-state index in [4.69, 9.17) is 11.6 Å². The minimum Gasteiger partial charge on any atom is -0.314 e. The standard InChI is InChI=1S/C15H9ClINO/c16-12-8-5-11(6-9-12)7-10-15(19)18-14-4-2-1-3-13(14)17/h1-6,8-9H,(H,18,19). The number of anilines is 1. The highest BCUT2D eigenvalue weighted by Crippen LogP contribution is 2.16. The zero-order valence-corrected chi connectivity index (χ0v) is 12.7. The fraction of sp³-hybridized carbons (Fsp3) is 0. The second-order valence-electron chi connectivity index (χ2n) is 3.69. The Hall–Kier alpha value is -1.51. The fourth-order valence-corrected chi connectivity index (χ4v) is 2.03. The van der Waals surface area contributed by atoms with Gasteiger partial charge < -0.3 is 5.32 Å². The van der Waals surface area contributed by atoms with Crippen LogP contribution in [-0.4, -0.2) is 5.91 Å². The first-order valence-electron chi connectivity index (χ1n) is 5.48. The number of hydrogen-bond donors (Lipinski definition) is 1. The summed E-state index contributed by atoms with van der Waals surface area (Å²) in [6.07, 6.45) is 0. The molecule has 0 fully saturated rings. The van der Waals surface area contributed by atoms with E-state index >= 15 is 0 Å². The van der Waals surface area contributed by atoms with Crippen molar-refractivity contribution in [1.82, 2.24) is 0 Å². The molecule has 4 heteroatoms. The Morgan fingerprint density at radius 2 is 1.79 bits per heavy atom. The second-order valence-corrected chi connectivity index (χ2v) is 5.29. The highest BCUT2D eigenvalue weighted by molar-refractivity contribution is 14.1. The third-order valence-electron chi connectivity index (χ3n) is 2.29. The highest BCUT2D eigenvalue weighted by atomic mass is 127. The summed E-state index contributed by atoms with van der Waals surface area (Å²) in [6, 6.07) is 14.6. The van der Waals surface area contributed by atoms with Crippen molar-refractivity contribution in [1.29, 1.82) is 0 Å². The maximum atomic E-state index is 11.7. The lowest BCUT2D eigenvalue weighted by Crippen LogP contribution is -2.09. The summed E-state index contributed by atoms with van der Waals surface area (Å²) in [5, 5.41) is 3.39. The molecular formula is C15H9ClINO. The number of amides is 1. The smallest absolute Gasteiger partial charge is 0.300 e. The molecule has 0 atom stereocenters. The van der Waals surface area contributed by atoms with Crippen LogP contribution in [0.5, 0.6) is 0 Å². The SMILES string of the molecule is O=C(C#Cc1ccc(Cl)cc1)Nc1ccccc1I. The topological polar surface area (TPSA) is 29.1 Å². The van der Waals surface area contributed by atoms with Crippen molar-refractivity contribution in [3.8, 4) is 11.8 Å². The van der Waals surface area contributed by atoms with E-state index < -0.39 is 0 Å². The molecule has 2 aromatic carbocycles. The summed E-state index contributed by atoms with van der Waals surface area (Å²) in [7, 11) is 0. The molecule has 1 amide bonds. The summed E-state index contributed by atoms with van der Waals surface area (Å²) in [5.41, 5.74) is 1.51. The van der Waals surface area contributed by atoms with Gasteiger partial charge in [-0.05, 0) is 59.0 Å². The molecule has 19 heavy (non-hydrogen) atoms. The maximum Gasteiger partial charge on any atom is 0.300 e. The van der Waals surface area contributed by atoms with E-state index in [1.807, 2.05) is 24.3 Å². The first kappa shape index (κ1) is 13.9. The molecule has 0 saturated carbocycles.